The molecule has 0 aliphatic rings. The van der Waals surface area contributed by atoms with Gasteiger partial charge in [-0.1, -0.05) is 67.2 Å². The van der Waals surface area contributed by atoms with Crippen LogP contribution < -0.4 is 0 Å². The third-order valence-electron chi connectivity index (χ3n) is 3.70. The van der Waals surface area contributed by atoms with Gasteiger partial charge in [0.05, 0.1) is 6.33 Å². The van der Waals surface area contributed by atoms with Crippen molar-refractivity contribution in [2.24, 2.45) is 0 Å². The van der Waals surface area contributed by atoms with Crippen molar-refractivity contribution < 1.29 is 0 Å². The van der Waals surface area contributed by atoms with Crippen LogP contribution >= 0.6 is 66.8 Å². The first-order chi connectivity index (χ1) is 12.0. The molecule has 1 unspecified atom stereocenters. The molecule has 0 spiro atoms. The zero-order chi connectivity index (χ0) is 17.8. The van der Waals surface area contributed by atoms with Gasteiger partial charge in [-0.05, 0) is 35.4 Å². The quantitative estimate of drug-likeness (QED) is 0.337. The fraction of sp³-hybridized carbons (Fsp3) is 0.167. The summed E-state index contributed by atoms with van der Waals surface area (Å²) in [6.07, 6.45) is 5.62. The molecule has 3 rings (SSSR count). The Bertz CT molecular complexity index is 856. The zero-order valence-corrected chi connectivity index (χ0v) is 18.5. The molecular formula is C18H14Br2Cl2N2S. The van der Waals surface area contributed by atoms with Crippen LogP contribution in [0.3, 0.4) is 0 Å². The van der Waals surface area contributed by atoms with E-state index in [0.717, 1.165) is 26.8 Å². The second-order valence-electron chi connectivity index (χ2n) is 5.46. The molecule has 3 aromatic rings. The number of benzene rings is 2. The number of imidazole rings is 1. The molecule has 130 valence electrons. The minimum absolute atomic E-state index is 0.253. The SMILES string of the molecule is Clc1ccc(CSC(Cn2ccnc2)c2ccc(Br)cc2Br)c(Cl)c1. The summed E-state index contributed by atoms with van der Waals surface area (Å²) in [5, 5.41) is 1.61. The predicted molar refractivity (Wildman–Crippen MR) is 115 cm³/mol. The summed E-state index contributed by atoms with van der Waals surface area (Å²) in [5.41, 5.74) is 2.33. The van der Waals surface area contributed by atoms with E-state index >= 15 is 0 Å². The lowest BCUT2D eigenvalue weighted by Gasteiger charge is -2.20. The molecule has 1 aromatic heterocycles. The van der Waals surface area contributed by atoms with Crippen LogP contribution in [-0.4, -0.2) is 9.55 Å². The molecule has 1 atom stereocenters. The molecule has 0 saturated heterocycles. The van der Waals surface area contributed by atoms with Crippen LogP contribution in [0.4, 0.5) is 0 Å². The molecule has 0 N–H and O–H groups in total. The third kappa shape index (κ3) is 5.27. The van der Waals surface area contributed by atoms with E-state index in [9.17, 15) is 0 Å². The molecule has 0 aliphatic carbocycles. The Balaban J connectivity index is 1.83. The first-order valence-corrected chi connectivity index (χ1v) is 10.9. The minimum Gasteiger partial charge on any atom is -0.336 e. The van der Waals surface area contributed by atoms with Crippen LogP contribution in [0.15, 0.2) is 64.1 Å². The fourth-order valence-corrected chi connectivity index (χ4v) is 5.74. The van der Waals surface area contributed by atoms with Crippen molar-refractivity contribution in [1.29, 1.82) is 0 Å². The van der Waals surface area contributed by atoms with Crippen molar-refractivity contribution in [3.8, 4) is 0 Å². The summed E-state index contributed by atoms with van der Waals surface area (Å²) < 4.78 is 4.23. The van der Waals surface area contributed by atoms with Crippen LogP contribution in [0.5, 0.6) is 0 Å². The Kier molecular flexibility index (Phi) is 6.92. The van der Waals surface area contributed by atoms with E-state index in [1.165, 1.54) is 5.56 Å². The maximum Gasteiger partial charge on any atom is 0.0946 e. The number of hydrogen-bond acceptors (Lipinski definition) is 2. The Morgan fingerprint density at radius 1 is 1.12 bits per heavy atom. The molecule has 1 heterocycles. The summed E-state index contributed by atoms with van der Waals surface area (Å²) in [6, 6.07) is 11.9. The van der Waals surface area contributed by atoms with Crippen LogP contribution in [0.1, 0.15) is 16.4 Å². The summed E-state index contributed by atoms with van der Waals surface area (Å²) in [4.78, 5) is 4.15. The highest BCUT2D eigenvalue weighted by molar-refractivity contribution is 9.11. The highest BCUT2D eigenvalue weighted by Crippen LogP contribution is 2.39. The van der Waals surface area contributed by atoms with Crippen LogP contribution in [0.2, 0.25) is 10.0 Å². The molecule has 0 amide bonds. The summed E-state index contributed by atoms with van der Waals surface area (Å²) >= 11 is 21.4. The number of rotatable bonds is 6. The first-order valence-electron chi connectivity index (χ1n) is 7.49. The molecule has 0 radical (unpaired) electrons. The van der Waals surface area contributed by atoms with Gasteiger partial charge in [-0.15, -0.1) is 11.8 Å². The van der Waals surface area contributed by atoms with Crippen molar-refractivity contribution in [3.63, 3.8) is 0 Å². The van der Waals surface area contributed by atoms with Gasteiger partial charge in [0.2, 0.25) is 0 Å². The van der Waals surface area contributed by atoms with E-state index in [0.29, 0.717) is 10.0 Å². The van der Waals surface area contributed by atoms with Crippen LogP contribution in [-0.2, 0) is 12.3 Å². The van der Waals surface area contributed by atoms with E-state index in [1.54, 1.807) is 12.3 Å². The lowest BCUT2D eigenvalue weighted by atomic mass is 10.1. The second-order valence-corrected chi connectivity index (χ2v) is 9.27. The van der Waals surface area contributed by atoms with Gasteiger partial charge in [0, 0.05) is 48.9 Å². The molecule has 25 heavy (non-hydrogen) atoms. The molecule has 0 fully saturated rings. The van der Waals surface area contributed by atoms with Gasteiger partial charge in [-0.25, -0.2) is 4.98 Å². The lowest BCUT2D eigenvalue weighted by molar-refractivity contribution is 0.681. The summed E-state index contributed by atoms with van der Waals surface area (Å²) in [6.45, 7) is 0.829. The van der Waals surface area contributed by atoms with E-state index in [4.69, 9.17) is 23.2 Å². The van der Waals surface area contributed by atoms with Gasteiger partial charge in [0.25, 0.3) is 0 Å². The number of hydrogen-bond donors (Lipinski definition) is 0. The van der Waals surface area contributed by atoms with Crippen molar-refractivity contribution in [2.45, 2.75) is 17.5 Å². The van der Waals surface area contributed by atoms with Crippen LogP contribution in [0, 0.1) is 0 Å². The van der Waals surface area contributed by atoms with Crippen molar-refractivity contribution >= 4 is 66.8 Å². The largest absolute Gasteiger partial charge is 0.336 e. The van der Waals surface area contributed by atoms with Crippen molar-refractivity contribution in [2.75, 3.05) is 0 Å². The highest BCUT2D eigenvalue weighted by Gasteiger charge is 2.17. The molecule has 7 heteroatoms. The Labute approximate surface area is 178 Å². The van der Waals surface area contributed by atoms with Gasteiger partial charge in [-0.3, -0.25) is 0 Å². The first kappa shape index (κ1) is 19.3. The van der Waals surface area contributed by atoms with E-state index < -0.39 is 0 Å². The molecule has 2 aromatic carbocycles. The van der Waals surface area contributed by atoms with Gasteiger partial charge in [0.15, 0.2) is 0 Å². The van der Waals surface area contributed by atoms with Gasteiger partial charge in [0.1, 0.15) is 0 Å². The van der Waals surface area contributed by atoms with Crippen LogP contribution in [0.25, 0.3) is 0 Å². The number of aromatic nitrogens is 2. The van der Waals surface area contributed by atoms with E-state index in [1.807, 2.05) is 36.4 Å². The van der Waals surface area contributed by atoms with Gasteiger partial charge >= 0.3 is 0 Å². The molecular weight excluding hydrogens is 507 g/mol. The second kappa shape index (κ2) is 8.96. The number of nitrogens with zero attached hydrogens (tertiary/aromatic N) is 2. The maximum atomic E-state index is 6.33. The Morgan fingerprint density at radius 3 is 2.64 bits per heavy atom. The monoisotopic (exact) mass is 518 g/mol. The van der Waals surface area contributed by atoms with Gasteiger partial charge < -0.3 is 4.57 Å². The normalized spacial score (nSPS) is 12.3. The highest BCUT2D eigenvalue weighted by atomic mass is 79.9. The number of halogens is 4. The molecule has 2 nitrogen and oxygen atoms in total. The third-order valence-corrected chi connectivity index (χ3v) is 6.75. The number of thioether (sulfide) groups is 1. The zero-order valence-electron chi connectivity index (χ0n) is 13.0. The lowest BCUT2D eigenvalue weighted by Crippen LogP contribution is -2.06. The summed E-state index contributed by atoms with van der Waals surface area (Å²) in [7, 11) is 0. The topological polar surface area (TPSA) is 17.8 Å². The average molecular weight is 521 g/mol. The predicted octanol–water partition coefficient (Wildman–Crippen LogP) is 7.39. The van der Waals surface area contributed by atoms with E-state index in [-0.39, 0.29) is 5.25 Å². The fourth-order valence-electron chi connectivity index (χ4n) is 2.42. The van der Waals surface area contributed by atoms with Gasteiger partial charge in [-0.2, -0.15) is 0 Å². The average Bonchev–Trinajstić information content (AvgIpc) is 3.06. The van der Waals surface area contributed by atoms with Crippen molar-refractivity contribution in [1.82, 2.24) is 9.55 Å². The van der Waals surface area contributed by atoms with Crippen molar-refractivity contribution in [3.05, 3.63) is 85.2 Å². The maximum absolute atomic E-state index is 6.33. The molecule has 0 aliphatic heterocycles. The summed E-state index contributed by atoms with van der Waals surface area (Å²) in [5.74, 6) is 0.803. The molecule has 0 saturated carbocycles. The Morgan fingerprint density at radius 2 is 1.96 bits per heavy atom. The molecule has 0 bridgehead atoms. The smallest absolute Gasteiger partial charge is 0.0946 e. The standard InChI is InChI=1S/C18H14Br2Cl2N2S/c19-13-2-4-15(16(20)7-13)18(9-24-6-5-23-11-24)25-10-12-1-3-14(21)8-17(12)22/h1-8,11,18H,9-10H2. The minimum atomic E-state index is 0.253. The van der Waals surface area contributed by atoms with E-state index in [2.05, 4.69) is 59.6 Å². The Hall–Kier alpha value is -0.460.